The Morgan fingerprint density at radius 2 is 2.00 bits per heavy atom. The third kappa shape index (κ3) is 2.99. The topological polar surface area (TPSA) is 72.4 Å². The van der Waals surface area contributed by atoms with Gasteiger partial charge in [-0.2, -0.15) is 0 Å². The highest BCUT2D eigenvalue weighted by Crippen LogP contribution is 2.33. The highest BCUT2D eigenvalue weighted by Gasteiger charge is 2.45. The smallest absolute Gasteiger partial charge is 0.311 e. The third-order valence-corrected chi connectivity index (χ3v) is 5.37. The molecule has 142 valence electrons. The Bertz CT molecular complexity index is 1060. The van der Waals surface area contributed by atoms with E-state index in [9.17, 15) is 9.59 Å². The lowest BCUT2D eigenvalue weighted by Crippen LogP contribution is -2.31. The van der Waals surface area contributed by atoms with Gasteiger partial charge in [-0.05, 0) is 24.3 Å². The van der Waals surface area contributed by atoms with Crippen molar-refractivity contribution in [3.63, 3.8) is 0 Å². The van der Waals surface area contributed by atoms with Gasteiger partial charge in [0.2, 0.25) is 0 Å². The molecule has 0 unspecified atom stereocenters. The molecule has 2 saturated heterocycles. The summed E-state index contributed by atoms with van der Waals surface area (Å²) < 4.78 is 5.11. The molecular weight excluding hydrogens is 378 g/mol. The number of carbonyl (C=O) groups excluding carboxylic acids is 2. The van der Waals surface area contributed by atoms with E-state index in [-0.39, 0.29) is 36.1 Å². The van der Waals surface area contributed by atoms with Crippen LogP contribution in [0.4, 0.5) is 0 Å². The van der Waals surface area contributed by atoms with Crippen LogP contribution < -0.4 is 0 Å². The van der Waals surface area contributed by atoms with E-state index in [2.05, 4.69) is 4.98 Å². The van der Waals surface area contributed by atoms with Crippen molar-refractivity contribution in [3.05, 3.63) is 60.4 Å². The number of cyclic esters (lactones) is 1. The van der Waals surface area contributed by atoms with Gasteiger partial charge in [-0.25, -0.2) is 4.98 Å². The number of hydrogen-bond donors (Lipinski definition) is 0. The number of amides is 1. The van der Waals surface area contributed by atoms with Crippen LogP contribution in [-0.2, 0) is 9.53 Å². The molecule has 0 saturated carbocycles. The monoisotopic (exact) mass is 395 g/mol. The van der Waals surface area contributed by atoms with Crippen LogP contribution in [0.1, 0.15) is 10.4 Å². The van der Waals surface area contributed by atoms with E-state index in [1.807, 2.05) is 42.5 Å². The van der Waals surface area contributed by atoms with Crippen molar-refractivity contribution in [2.24, 2.45) is 11.8 Å². The molecule has 2 atom stereocenters. The van der Waals surface area contributed by atoms with Crippen molar-refractivity contribution in [2.75, 3.05) is 19.7 Å². The molecule has 7 heteroatoms. The first-order valence-corrected chi connectivity index (χ1v) is 8.97. The number of carbonyl (C=O) groups is 2. The maximum atomic E-state index is 13.3. The van der Waals surface area contributed by atoms with E-state index in [0.717, 1.165) is 16.5 Å². The third-order valence-electron chi connectivity index (χ3n) is 5.37. The van der Waals surface area contributed by atoms with Gasteiger partial charge in [-0.1, -0.05) is 18.2 Å². The second-order valence-electron chi connectivity index (χ2n) is 7.02. The molecule has 2 aliphatic heterocycles. The van der Waals surface area contributed by atoms with E-state index >= 15 is 0 Å². The fraction of sp³-hybridized carbons (Fsp3) is 0.238. The number of fused-ring (bicyclic) bond motifs is 2. The maximum Gasteiger partial charge on any atom is 0.311 e. The van der Waals surface area contributed by atoms with Crippen LogP contribution in [0.15, 0.2) is 54.9 Å². The van der Waals surface area contributed by atoms with Crippen LogP contribution in [0, 0.1) is 11.8 Å². The molecule has 1 aromatic carbocycles. The zero-order valence-corrected chi connectivity index (χ0v) is 15.8. The van der Waals surface area contributed by atoms with E-state index in [1.54, 1.807) is 17.3 Å². The molecule has 0 spiro atoms. The molecule has 0 radical (unpaired) electrons. The van der Waals surface area contributed by atoms with Crippen LogP contribution in [0.5, 0.6) is 0 Å². The lowest BCUT2D eigenvalue weighted by molar-refractivity contribution is -0.141. The number of benzene rings is 1. The molecular formula is C21H18ClN3O3. The van der Waals surface area contributed by atoms with Crippen LogP contribution >= 0.6 is 12.4 Å². The van der Waals surface area contributed by atoms with Crippen LogP contribution in [-0.4, -0.2) is 46.4 Å². The predicted octanol–water partition coefficient (Wildman–Crippen LogP) is 2.96. The fourth-order valence-electron chi connectivity index (χ4n) is 3.95. The van der Waals surface area contributed by atoms with Gasteiger partial charge < -0.3 is 9.64 Å². The minimum absolute atomic E-state index is 0. The number of pyridine rings is 2. The molecule has 2 aliphatic rings. The summed E-state index contributed by atoms with van der Waals surface area (Å²) in [6, 6.07) is 13.2. The van der Waals surface area contributed by atoms with Crippen molar-refractivity contribution < 1.29 is 14.3 Å². The number of likely N-dealkylation sites (tertiary alicyclic amines) is 1. The Morgan fingerprint density at radius 1 is 1.14 bits per heavy atom. The van der Waals surface area contributed by atoms with Crippen LogP contribution in [0.25, 0.3) is 22.2 Å². The van der Waals surface area contributed by atoms with Gasteiger partial charge in [0.1, 0.15) is 0 Å². The molecule has 0 N–H and O–H groups in total. The summed E-state index contributed by atoms with van der Waals surface area (Å²) in [7, 11) is 0. The van der Waals surface area contributed by atoms with E-state index in [1.165, 1.54) is 0 Å². The highest BCUT2D eigenvalue weighted by molar-refractivity contribution is 6.07. The number of nitrogens with zero attached hydrogens (tertiary/aromatic N) is 3. The molecule has 2 fully saturated rings. The van der Waals surface area contributed by atoms with Crippen molar-refractivity contribution in [1.29, 1.82) is 0 Å². The van der Waals surface area contributed by atoms with Crippen molar-refractivity contribution in [3.8, 4) is 11.3 Å². The van der Waals surface area contributed by atoms with E-state index in [4.69, 9.17) is 9.72 Å². The van der Waals surface area contributed by atoms with E-state index in [0.29, 0.717) is 31.0 Å². The van der Waals surface area contributed by atoms with Crippen LogP contribution in [0.2, 0.25) is 0 Å². The summed E-state index contributed by atoms with van der Waals surface area (Å²) in [6.07, 6.45) is 3.44. The van der Waals surface area contributed by atoms with Gasteiger partial charge in [0.15, 0.2) is 0 Å². The summed E-state index contributed by atoms with van der Waals surface area (Å²) >= 11 is 0. The Labute approximate surface area is 168 Å². The van der Waals surface area contributed by atoms with E-state index < -0.39 is 0 Å². The number of rotatable bonds is 2. The van der Waals surface area contributed by atoms with Crippen molar-refractivity contribution in [2.45, 2.75) is 0 Å². The number of ether oxygens (including phenoxy) is 1. The summed E-state index contributed by atoms with van der Waals surface area (Å²) in [4.78, 5) is 35.8. The first-order valence-electron chi connectivity index (χ1n) is 8.97. The normalized spacial score (nSPS) is 20.6. The predicted molar refractivity (Wildman–Crippen MR) is 106 cm³/mol. The van der Waals surface area contributed by atoms with Gasteiger partial charge in [-0.15, -0.1) is 12.4 Å². The molecule has 3 aromatic rings. The fourth-order valence-corrected chi connectivity index (χ4v) is 3.95. The van der Waals surface area contributed by atoms with Gasteiger partial charge in [-0.3, -0.25) is 14.6 Å². The number of halogens is 1. The lowest BCUT2D eigenvalue weighted by atomic mass is 10.0. The minimum Gasteiger partial charge on any atom is -0.465 e. The van der Waals surface area contributed by atoms with Crippen molar-refractivity contribution in [1.82, 2.24) is 14.9 Å². The Hall–Kier alpha value is -2.99. The molecule has 2 aromatic heterocycles. The minimum atomic E-state index is -0.195. The van der Waals surface area contributed by atoms with Gasteiger partial charge in [0.05, 0.1) is 29.3 Å². The SMILES string of the molecule is Cl.O=C1OC[C@H]2CN(C(=O)c3cc(-c4cccnc4)nc4ccccc34)C[C@@H]12. The summed E-state index contributed by atoms with van der Waals surface area (Å²) in [5.41, 5.74) is 2.94. The molecule has 5 rings (SSSR count). The number of aromatic nitrogens is 2. The first kappa shape index (κ1) is 18.4. The van der Waals surface area contributed by atoms with Crippen LogP contribution in [0.3, 0.4) is 0 Å². The molecule has 1 amide bonds. The lowest BCUT2D eigenvalue weighted by Gasteiger charge is -2.19. The average Bonchev–Trinajstić information content (AvgIpc) is 3.29. The van der Waals surface area contributed by atoms with Gasteiger partial charge >= 0.3 is 5.97 Å². The quantitative estimate of drug-likeness (QED) is 0.624. The first-order chi connectivity index (χ1) is 13.2. The summed E-state index contributed by atoms with van der Waals surface area (Å²) in [5, 5.41) is 0.815. The number of hydrogen-bond acceptors (Lipinski definition) is 5. The molecule has 28 heavy (non-hydrogen) atoms. The Morgan fingerprint density at radius 3 is 2.79 bits per heavy atom. The Kier molecular flexibility index (Phi) is 4.73. The van der Waals surface area contributed by atoms with Gasteiger partial charge in [0.25, 0.3) is 5.91 Å². The largest absolute Gasteiger partial charge is 0.465 e. The highest BCUT2D eigenvalue weighted by atomic mass is 35.5. The van der Waals surface area contributed by atoms with Gasteiger partial charge in [0, 0.05) is 42.4 Å². The second kappa shape index (κ2) is 7.20. The molecule has 4 heterocycles. The summed E-state index contributed by atoms with van der Waals surface area (Å²) in [6.45, 7) is 1.38. The molecule has 6 nitrogen and oxygen atoms in total. The number of para-hydroxylation sites is 1. The zero-order valence-electron chi connectivity index (χ0n) is 14.9. The average molecular weight is 396 g/mol. The maximum absolute atomic E-state index is 13.3. The molecule has 0 aliphatic carbocycles. The summed E-state index contributed by atoms with van der Waals surface area (Å²) in [5.74, 6) is -0.348. The standard InChI is InChI=1S/C21H17N3O3.ClH/c25-20(24-10-14-12-27-21(26)17(14)11-24)16-8-19(13-4-3-7-22-9-13)23-18-6-2-1-5-15(16)18;/h1-9,14,17H,10-12H2;1H/t14-,17-;/m1./s1. The second-order valence-corrected chi connectivity index (χ2v) is 7.02. The zero-order chi connectivity index (χ0) is 18.4. The Balaban J connectivity index is 0.00000192. The number of esters is 1. The van der Waals surface area contributed by atoms with Crippen molar-refractivity contribution >= 4 is 35.2 Å². The molecule has 0 bridgehead atoms.